The quantitative estimate of drug-likeness (QED) is 0.657. The van der Waals surface area contributed by atoms with Crippen LogP contribution in [0.3, 0.4) is 0 Å². The van der Waals surface area contributed by atoms with Gasteiger partial charge in [-0.15, -0.1) is 10.2 Å². The van der Waals surface area contributed by atoms with E-state index >= 15 is 0 Å². The highest BCUT2D eigenvalue weighted by Crippen LogP contribution is 2.39. The molecule has 0 aliphatic rings. The van der Waals surface area contributed by atoms with Crippen molar-refractivity contribution >= 4 is 38.4 Å². The highest BCUT2D eigenvalue weighted by atomic mass is 79.9. The first-order valence-corrected chi connectivity index (χ1v) is 7.48. The van der Waals surface area contributed by atoms with Crippen LogP contribution >= 0.6 is 15.9 Å². The summed E-state index contributed by atoms with van der Waals surface area (Å²) in [4.78, 5) is 12.0. The molecule has 0 saturated heterocycles. The second-order valence-electron chi connectivity index (χ2n) is 4.94. The van der Waals surface area contributed by atoms with Crippen molar-refractivity contribution in [1.29, 1.82) is 0 Å². The van der Waals surface area contributed by atoms with Gasteiger partial charge in [-0.3, -0.25) is 4.79 Å². The second-order valence-corrected chi connectivity index (χ2v) is 5.86. The molecule has 1 amide bonds. The van der Waals surface area contributed by atoms with Crippen LogP contribution in [0.5, 0.6) is 11.6 Å². The smallest absolute Gasteiger partial charge is 0.295 e. The summed E-state index contributed by atoms with van der Waals surface area (Å²) in [5.41, 5.74) is 1.31. The Morgan fingerprint density at radius 2 is 1.83 bits per heavy atom. The van der Waals surface area contributed by atoms with E-state index in [0.717, 1.165) is 9.99 Å². The van der Waals surface area contributed by atoms with Crippen LogP contribution in [-0.2, 0) is 7.05 Å². The van der Waals surface area contributed by atoms with Crippen molar-refractivity contribution in [1.82, 2.24) is 4.57 Å². The summed E-state index contributed by atoms with van der Waals surface area (Å²) < 4.78 is 2.40. The molecule has 23 heavy (non-hydrogen) atoms. The molecular weight excluding hydrogens is 362 g/mol. The number of hydrogen-bond acceptors (Lipinski definition) is 4. The minimum absolute atomic E-state index is 0.0648. The normalized spacial score (nSPS) is 11.4. The van der Waals surface area contributed by atoms with Gasteiger partial charge in [0.15, 0.2) is 5.69 Å². The first-order valence-electron chi connectivity index (χ1n) is 6.69. The third-order valence-electron chi connectivity index (χ3n) is 3.46. The van der Waals surface area contributed by atoms with Gasteiger partial charge < -0.3 is 14.8 Å². The summed E-state index contributed by atoms with van der Waals surface area (Å²) in [5, 5.41) is 27.7. The van der Waals surface area contributed by atoms with Gasteiger partial charge in [0, 0.05) is 22.5 Å². The van der Waals surface area contributed by atoms with Crippen LogP contribution in [0, 0.1) is 0 Å². The van der Waals surface area contributed by atoms with E-state index in [9.17, 15) is 15.0 Å². The Bertz CT molecular complexity index is 930. The topological polar surface area (TPSA) is 87.2 Å². The summed E-state index contributed by atoms with van der Waals surface area (Å²) in [7, 11) is 1.70. The zero-order chi connectivity index (χ0) is 16.6. The Hall–Kier alpha value is -2.67. The van der Waals surface area contributed by atoms with Crippen LogP contribution in [0.4, 0.5) is 5.69 Å². The standard InChI is InChI=1S/C16H12BrN3O3/c1-20-13-7-4-10(17)8-12(13)14(16(20)23)18-19-15(22)9-2-5-11(21)6-3-9/h2-8,21,23H,1H3. The molecule has 116 valence electrons. The minimum Gasteiger partial charge on any atom is -0.508 e. The first kappa shape index (κ1) is 15.2. The van der Waals surface area contributed by atoms with E-state index in [2.05, 4.69) is 26.2 Å². The maximum absolute atomic E-state index is 12.0. The molecule has 0 aliphatic heterocycles. The molecule has 0 saturated carbocycles. The van der Waals surface area contributed by atoms with Crippen LogP contribution in [0.2, 0.25) is 0 Å². The second kappa shape index (κ2) is 5.85. The first-order chi connectivity index (χ1) is 11.0. The van der Waals surface area contributed by atoms with Crippen molar-refractivity contribution in [3.05, 3.63) is 52.5 Å². The van der Waals surface area contributed by atoms with Gasteiger partial charge in [-0.05, 0) is 42.5 Å². The SMILES string of the molecule is Cn1c(O)c(N=NC(=O)c2ccc(O)cc2)c2cc(Br)ccc21. The van der Waals surface area contributed by atoms with Gasteiger partial charge in [-0.2, -0.15) is 0 Å². The summed E-state index contributed by atoms with van der Waals surface area (Å²) in [6, 6.07) is 11.2. The number of fused-ring (bicyclic) bond motifs is 1. The molecule has 3 aromatic rings. The van der Waals surface area contributed by atoms with Crippen LogP contribution in [0.1, 0.15) is 10.4 Å². The van der Waals surface area contributed by atoms with Crippen LogP contribution in [-0.4, -0.2) is 20.7 Å². The maximum Gasteiger partial charge on any atom is 0.295 e. The molecule has 0 fully saturated rings. The number of amides is 1. The van der Waals surface area contributed by atoms with Crippen LogP contribution in [0.15, 0.2) is 57.2 Å². The average Bonchev–Trinajstić information content (AvgIpc) is 2.77. The number of aromatic hydroxyl groups is 2. The molecule has 2 N–H and O–H groups in total. The Balaban J connectivity index is 2.01. The van der Waals surface area contributed by atoms with Crippen molar-refractivity contribution < 1.29 is 15.0 Å². The summed E-state index contributed by atoms with van der Waals surface area (Å²) in [5.74, 6) is -0.563. The molecule has 7 heteroatoms. The van der Waals surface area contributed by atoms with Crippen LogP contribution in [0.25, 0.3) is 10.9 Å². The minimum atomic E-state index is -0.559. The molecule has 0 atom stereocenters. The summed E-state index contributed by atoms with van der Waals surface area (Å²) in [6.45, 7) is 0. The van der Waals surface area contributed by atoms with E-state index < -0.39 is 5.91 Å². The fourth-order valence-electron chi connectivity index (χ4n) is 2.24. The highest BCUT2D eigenvalue weighted by molar-refractivity contribution is 9.10. The fraction of sp³-hybridized carbons (Fsp3) is 0.0625. The van der Waals surface area contributed by atoms with Crippen LogP contribution < -0.4 is 0 Å². The van der Waals surface area contributed by atoms with Crippen molar-refractivity contribution in [2.24, 2.45) is 17.3 Å². The number of phenols is 1. The molecule has 0 unspecified atom stereocenters. The van der Waals surface area contributed by atoms with Gasteiger partial charge in [-0.1, -0.05) is 15.9 Å². The van der Waals surface area contributed by atoms with E-state index in [1.54, 1.807) is 17.7 Å². The van der Waals surface area contributed by atoms with E-state index in [1.807, 2.05) is 12.1 Å². The van der Waals surface area contributed by atoms with Crippen molar-refractivity contribution in [2.45, 2.75) is 0 Å². The molecule has 0 spiro atoms. The Morgan fingerprint density at radius 3 is 2.52 bits per heavy atom. The molecule has 2 aromatic carbocycles. The molecule has 0 aliphatic carbocycles. The number of nitrogens with zero attached hydrogens (tertiary/aromatic N) is 3. The average molecular weight is 374 g/mol. The zero-order valence-corrected chi connectivity index (χ0v) is 13.6. The monoisotopic (exact) mass is 373 g/mol. The van der Waals surface area contributed by atoms with Crippen molar-refractivity contribution in [3.8, 4) is 11.6 Å². The van der Waals surface area contributed by atoms with Crippen molar-refractivity contribution in [2.75, 3.05) is 0 Å². The number of aryl methyl sites for hydroxylation is 1. The molecule has 0 bridgehead atoms. The molecule has 1 heterocycles. The third kappa shape index (κ3) is 2.83. The number of carbonyl (C=O) groups excluding carboxylic acids is 1. The number of azo groups is 1. The van der Waals surface area contributed by atoms with Gasteiger partial charge >= 0.3 is 0 Å². The number of aromatic nitrogens is 1. The molecule has 0 radical (unpaired) electrons. The third-order valence-corrected chi connectivity index (χ3v) is 3.95. The lowest BCUT2D eigenvalue weighted by Gasteiger charge is -1.96. The Morgan fingerprint density at radius 1 is 1.13 bits per heavy atom. The lowest BCUT2D eigenvalue weighted by Crippen LogP contribution is -1.92. The predicted molar refractivity (Wildman–Crippen MR) is 89.2 cm³/mol. The van der Waals surface area contributed by atoms with Crippen molar-refractivity contribution in [3.63, 3.8) is 0 Å². The zero-order valence-electron chi connectivity index (χ0n) is 12.1. The van der Waals surface area contributed by atoms with E-state index in [4.69, 9.17) is 0 Å². The Labute approximate surface area is 139 Å². The largest absolute Gasteiger partial charge is 0.508 e. The lowest BCUT2D eigenvalue weighted by atomic mass is 10.2. The molecular formula is C16H12BrN3O3. The fourth-order valence-corrected chi connectivity index (χ4v) is 2.60. The summed E-state index contributed by atoms with van der Waals surface area (Å²) >= 11 is 3.37. The number of benzene rings is 2. The Kier molecular flexibility index (Phi) is 3.87. The number of halogens is 1. The van der Waals surface area contributed by atoms with Gasteiger partial charge in [0.25, 0.3) is 5.91 Å². The molecule has 3 rings (SSSR count). The maximum atomic E-state index is 12.0. The number of rotatable bonds is 2. The highest BCUT2D eigenvalue weighted by Gasteiger charge is 2.15. The lowest BCUT2D eigenvalue weighted by molar-refractivity contribution is 0.0995. The van der Waals surface area contributed by atoms with Gasteiger partial charge in [0.1, 0.15) is 5.75 Å². The summed E-state index contributed by atoms with van der Waals surface area (Å²) in [6.07, 6.45) is 0. The van der Waals surface area contributed by atoms with E-state index in [1.165, 1.54) is 24.3 Å². The predicted octanol–water partition coefficient (Wildman–Crippen LogP) is 4.28. The number of phenolic OH excluding ortho intramolecular Hbond substituents is 1. The van der Waals surface area contributed by atoms with Gasteiger partial charge in [0.05, 0.1) is 5.52 Å². The van der Waals surface area contributed by atoms with E-state index in [-0.39, 0.29) is 17.3 Å². The number of hydrogen-bond donors (Lipinski definition) is 2. The van der Waals surface area contributed by atoms with Gasteiger partial charge in [-0.25, -0.2) is 0 Å². The molecule has 1 aromatic heterocycles. The molecule has 6 nitrogen and oxygen atoms in total. The van der Waals surface area contributed by atoms with E-state index in [0.29, 0.717) is 10.9 Å². The number of carbonyl (C=O) groups is 1. The van der Waals surface area contributed by atoms with Gasteiger partial charge in [0.2, 0.25) is 5.88 Å².